The van der Waals surface area contributed by atoms with Crippen molar-refractivity contribution in [2.45, 2.75) is 33.1 Å². The third-order valence-electron chi connectivity index (χ3n) is 3.71. The lowest BCUT2D eigenvalue weighted by molar-refractivity contribution is 0.191. The Morgan fingerprint density at radius 1 is 0.792 bits per heavy atom. The van der Waals surface area contributed by atoms with Crippen LogP contribution in [0.4, 0.5) is 0 Å². The summed E-state index contributed by atoms with van der Waals surface area (Å²) in [5.41, 5.74) is 2.91. The molecule has 3 heteroatoms. The van der Waals surface area contributed by atoms with E-state index in [0.29, 0.717) is 5.56 Å². The van der Waals surface area contributed by atoms with Gasteiger partial charge in [-0.05, 0) is 54.7 Å². The first-order chi connectivity index (χ1) is 11.3. The van der Waals surface area contributed by atoms with Gasteiger partial charge in [-0.3, -0.25) is 0 Å². The lowest BCUT2D eigenvalue weighted by Gasteiger charge is -2.07. The predicted molar refractivity (Wildman–Crippen MR) is 99.2 cm³/mol. The van der Waals surface area contributed by atoms with E-state index >= 15 is 0 Å². The number of nitrogens with zero attached hydrogens (tertiary/aromatic N) is 1. The van der Waals surface area contributed by atoms with Gasteiger partial charge in [0.1, 0.15) is 5.75 Å². The Balaban J connectivity index is 0.00000288. The van der Waals surface area contributed by atoms with E-state index < -0.39 is 0 Å². The quantitative estimate of drug-likeness (QED) is 0.576. The number of unbranched alkanes of at least 4 members (excludes halogenated alkanes) is 3. The summed E-state index contributed by atoms with van der Waals surface area (Å²) in [6, 6.07) is 17.8. The molecule has 0 aliphatic heterocycles. The van der Waals surface area contributed by atoms with E-state index in [2.05, 4.69) is 18.2 Å². The highest BCUT2D eigenvalue weighted by molar-refractivity contribution is 5.64. The van der Waals surface area contributed by atoms with Crippen molar-refractivity contribution in [2.24, 2.45) is 0 Å². The van der Waals surface area contributed by atoms with E-state index in [-0.39, 0.29) is 7.43 Å². The summed E-state index contributed by atoms with van der Waals surface area (Å²) in [5.74, 6) is 0.902. The molecule has 0 bridgehead atoms. The van der Waals surface area contributed by atoms with Crippen LogP contribution < -0.4 is 4.74 Å². The largest absolute Gasteiger partial charge is 0.494 e. The number of methoxy groups -OCH3 is 1. The Bertz CT molecular complexity index is 612. The van der Waals surface area contributed by atoms with Crippen LogP contribution in [0.1, 0.15) is 38.7 Å². The summed E-state index contributed by atoms with van der Waals surface area (Å²) >= 11 is 0. The molecule has 0 aliphatic carbocycles. The van der Waals surface area contributed by atoms with Crippen LogP contribution in [0.25, 0.3) is 11.1 Å². The van der Waals surface area contributed by atoms with Crippen LogP contribution in [-0.2, 0) is 4.74 Å². The Morgan fingerprint density at radius 2 is 1.33 bits per heavy atom. The molecular formula is C21H27NO2. The fourth-order valence-corrected chi connectivity index (χ4v) is 2.37. The third kappa shape index (κ3) is 6.44. The van der Waals surface area contributed by atoms with Crippen LogP contribution in [-0.4, -0.2) is 20.3 Å². The molecule has 0 spiro atoms. The second-order valence-corrected chi connectivity index (χ2v) is 5.47. The number of benzene rings is 2. The molecule has 0 amide bonds. The summed E-state index contributed by atoms with van der Waals surface area (Å²) in [6.07, 6.45) is 4.55. The summed E-state index contributed by atoms with van der Waals surface area (Å²) in [5, 5.41) is 8.83. The predicted octanol–water partition coefficient (Wildman–Crippen LogP) is 5.45. The van der Waals surface area contributed by atoms with Crippen LogP contribution in [0.2, 0.25) is 0 Å². The van der Waals surface area contributed by atoms with Crippen molar-refractivity contribution in [2.75, 3.05) is 20.3 Å². The molecule has 0 aliphatic rings. The molecule has 0 heterocycles. The van der Waals surface area contributed by atoms with Gasteiger partial charge in [0, 0.05) is 13.7 Å². The van der Waals surface area contributed by atoms with Gasteiger partial charge in [0.25, 0.3) is 0 Å². The van der Waals surface area contributed by atoms with E-state index in [4.69, 9.17) is 14.7 Å². The molecule has 24 heavy (non-hydrogen) atoms. The van der Waals surface area contributed by atoms with Crippen LogP contribution in [0.5, 0.6) is 5.75 Å². The molecule has 0 unspecified atom stereocenters. The van der Waals surface area contributed by atoms with Crippen molar-refractivity contribution in [3.8, 4) is 22.9 Å². The number of hydrogen-bond acceptors (Lipinski definition) is 3. The first-order valence-corrected chi connectivity index (χ1v) is 8.06. The minimum Gasteiger partial charge on any atom is -0.494 e. The van der Waals surface area contributed by atoms with Gasteiger partial charge in [0.15, 0.2) is 0 Å². The lowest BCUT2D eigenvalue weighted by Crippen LogP contribution is -1.97. The Hall–Kier alpha value is -2.31. The maximum Gasteiger partial charge on any atom is 0.119 e. The zero-order chi connectivity index (χ0) is 16.3. The maximum atomic E-state index is 8.83. The number of hydrogen-bond donors (Lipinski definition) is 0. The van der Waals surface area contributed by atoms with Crippen molar-refractivity contribution in [1.82, 2.24) is 0 Å². The Morgan fingerprint density at radius 3 is 1.88 bits per heavy atom. The molecule has 3 nitrogen and oxygen atoms in total. The number of rotatable bonds is 9. The molecule has 128 valence electrons. The molecular weight excluding hydrogens is 298 g/mol. The van der Waals surface area contributed by atoms with Gasteiger partial charge in [-0.1, -0.05) is 38.1 Å². The molecule has 0 N–H and O–H groups in total. The van der Waals surface area contributed by atoms with E-state index in [1.54, 1.807) is 7.11 Å². The highest BCUT2D eigenvalue weighted by atomic mass is 16.5. The van der Waals surface area contributed by atoms with Crippen molar-refractivity contribution >= 4 is 0 Å². The van der Waals surface area contributed by atoms with E-state index in [1.165, 1.54) is 12.8 Å². The fourth-order valence-electron chi connectivity index (χ4n) is 2.37. The number of nitriles is 1. The van der Waals surface area contributed by atoms with Crippen molar-refractivity contribution in [3.63, 3.8) is 0 Å². The first kappa shape index (κ1) is 19.7. The second-order valence-electron chi connectivity index (χ2n) is 5.47. The molecule has 0 saturated carbocycles. The molecule has 2 rings (SSSR count). The monoisotopic (exact) mass is 325 g/mol. The SMILES string of the molecule is C.COCCCCCCOc1ccc(-c2ccc(C#N)cc2)cc1. The zero-order valence-corrected chi connectivity index (χ0v) is 13.6. The van der Waals surface area contributed by atoms with Gasteiger partial charge in [-0.25, -0.2) is 0 Å². The molecule has 2 aromatic carbocycles. The third-order valence-corrected chi connectivity index (χ3v) is 3.71. The summed E-state index contributed by atoms with van der Waals surface area (Å²) in [7, 11) is 1.74. The minimum atomic E-state index is 0. The summed E-state index contributed by atoms with van der Waals surface area (Å²) < 4.78 is 10.8. The maximum absolute atomic E-state index is 8.83. The average molecular weight is 325 g/mol. The number of ether oxygens (including phenoxy) is 2. The van der Waals surface area contributed by atoms with E-state index in [9.17, 15) is 0 Å². The molecule has 2 aromatic rings. The summed E-state index contributed by atoms with van der Waals surface area (Å²) in [4.78, 5) is 0. The second kappa shape index (κ2) is 11.3. The first-order valence-electron chi connectivity index (χ1n) is 8.06. The van der Waals surface area contributed by atoms with Crippen molar-refractivity contribution in [3.05, 3.63) is 54.1 Å². The zero-order valence-electron chi connectivity index (χ0n) is 13.6. The molecule has 0 radical (unpaired) electrons. The van der Waals surface area contributed by atoms with Gasteiger partial charge in [0.05, 0.1) is 18.2 Å². The van der Waals surface area contributed by atoms with Crippen molar-refractivity contribution in [1.29, 1.82) is 5.26 Å². The van der Waals surface area contributed by atoms with E-state index in [0.717, 1.165) is 42.9 Å². The Labute approximate surface area is 145 Å². The van der Waals surface area contributed by atoms with Crippen LogP contribution in [0.3, 0.4) is 0 Å². The van der Waals surface area contributed by atoms with Gasteiger partial charge in [-0.2, -0.15) is 5.26 Å². The minimum absolute atomic E-state index is 0. The molecule has 0 fully saturated rings. The molecule has 0 aromatic heterocycles. The van der Waals surface area contributed by atoms with Gasteiger partial charge < -0.3 is 9.47 Å². The average Bonchev–Trinajstić information content (AvgIpc) is 2.61. The van der Waals surface area contributed by atoms with Crippen LogP contribution >= 0.6 is 0 Å². The smallest absolute Gasteiger partial charge is 0.119 e. The molecule has 0 saturated heterocycles. The van der Waals surface area contributed by atoms with Gasteiger partial charge in [-0.15, -0.1) is 0 Å². The highest BCUT2D eigenvalue weighted by Gasteiger charge is 2.00. The Kier molecular flexibility index (Phi) is 9.26. The van der Waals surface area contributed by atoms with Gasteiger partial charge >= 0.3 is 0 Å². The standard InChI is InChI=1S/C20H23NO2.CH4/c1-22-14-4-2-3-5-15-23-20-12-10-19(11-13-20)18-8-6-17(16-21)7-9-18;/h6-13H,2-5,14-15H2,1H3;1H4. The van der Waals surface area contributed by atoms with Crippen LogP contribution in [0, 0.1) is 11.3 Å². The topological polar surface area (TPSA) is 42.2 Å². The van der Waals surface area contributed by atoms with Crippen molar-refractivity contribution < 1.29 is 9.47 Å². The van der Waals surface area contributed by atoms with Gasteiger partial charge in [0.2, 0.25) is 0 Å². The summed E-state index contributed by atoms with van der Waals surface area (Å²) in [6.45, 7) is 1.60. The van der Waals surface area contributed by atoms with Crippen LogP contribution in [0.15, 0.2) is 48.5 Å². The lowest BCUT2D eigenvalue weighted by atomic mass is 10.0. The normalized spacial score (nSPS) is 9.83. The highest BCUT2D eigenvalue weighted by Crippen LogP contribution is 2.23. The molecule has 0 atom stereocenters. The van der Waals surface area contributed by atoms with E-state index in [1.807, 2.05) is 36.4 Å². The fraction of sp³-hybridized carbons (Fsp3) is 0.381.